The molecule has 0 spiro atoms. The van der Waals surface area contributed by atoms with Gasteiger partial charge in [0.1, 0.15) is 2.74 Å². The highest BCUT2D eigenvalue weighted by Gasteiger charge is 1.48. The summed E-state index contributed by atoms with van der Waals surface area (Å²) in [4.78, 5) is 11.9. The molecule has 0 aliphatic carbocycles. The Kier molecular flexibility index (Phi) is 0.970. The predicted octanol–water partition coefficient (Wildman–Crippen LogP) is -0.271. The maximum absolute atomic E-state index is 9.45. The average molecular weight is 75.1 g/mol. The standard InChI is InChI=1S/C2H3NO2/c4-1-3-2-5/h1-2H,(H,3,4,5)/i1D,2D. The van der Waals surface area contributed by atoms with Crippen molar-refractivity contribution in [2.75, 3.05) is 0 Å². The van der Waals surface area contributed by atoms with E-state index in [0.717, 1.165) is 0 Å². The molecule has 0 aliphatic heterocycles. The summed E-state index contributed by atoms with van der Waals surface area (Å²) in [5.74, 6) is 0. The lowest BCUT2D eigenvalue weighted by molar-refractivity contribution is -0.106. The number of carbonyl (C=O) groups is 1. The lowest BCUT2D eigenvalue weighted by Crippen LogP contribution is -1.63. The van der Waals surface area contributed by atoms with E-state index in [0.29, 0.717) is 0 Å². The average Bonchev–Trinajstić information content (AvgIpc) is 1.27. The van der Waals surface area contributed by atoms with Crippen molar-refractivity contribution in [3.8, 4) is 0 Å². The molecule has 0 aromatic carbocycles. The molecule has 0 rings (SSSR count). The number of hydrogen-bond donors (Lipinski definition) is 1. The number of hydrogen-bond acceptors (Lipinski definition) is 1. The smallest absolute Gasteiger partial charge is 0.235 e. The van der Waals surface area contributed by atoms with E-state index < -0.39 is 12.8 Å². The summed E-state index contributed by atoms with van der Waals surface area (Å²) >= 11 is 0. The van der Waals surface area contributed by atoms with E-state index in [9.17, 15) is 4.79 Å². The summed E-state index contributed by atoms with van der Waals surface area (Å²) < 4.78 is 12.1. The van der Waals surface area contributed by atoms with E-state index in [4.69, 9.17) is 7.85 Å². The fraction of sp³-hybridized carbons (Fsp3) is 0. The van der Waals surface area contributed by atoms with Crippen LogP contribution >= 0.6 is 0 Å². The third-order valence-corrected chi connectivity index (χ3v) is 0.0956. The topological polar surface area (TPSA) is 49.7 Å². The van der Waals surface area contributed by atoms with Gasteiger partial charge in [0.15, 0.2) is 6.38 Å². The molecule has 0 unspecified atom stereocenters. The van der Waals surface area contributed by atoms with Gasteiger partial charge < -0.3 is 5.11 Å². The first kappa shape index (κ1) is 1.55. The Hall–Kier alpha value is -0.860. The summed E-state index contributed by atoms with van der Waals surface area (Å²) in [5, 5.41) is 7.80. The third-order valence-electron chi connectivity index (χ3n) is 0.0956. The van der Waals surface area contributed by atoms with E-state index in [2.05, 4.69) is 4.99 Å². The summed E-state index contributed by atoms with van der Waals surface area (Å²) in [6.45, 7) is 0. The number of nitrogens with zero attached hydrogens (tertiary/aromatic N) is 1. The molecule has 0 aliphatic rings. The van der Waals surface area contributed by atoms with E-state index in [1.54, 1.807) is 0 Å². The minimum atomic E-state index is -1.31. The van der Waals surface area contributed by atoms with Crippen molar-refractivity contribution in [3.63, 3.8) is 0 Å². The SMILES string of the molecule is [2H]C(=O)N=C([2H])O. The van der Waals surface area contributed by atoms with Crippen LogP contribution in [-0.4, -0.2) is 17.9 Å². The van der Waals surface area contributed by atoms with Crippen LogP contribution in [0.15, 0.2) is 4.99 Å². The van der Waals surface area contributed by atoms with Crippen molar-refractivity contribution >= 4 is 12.8 Å². The predicted molar refractivity (Wildman–Crippen MR) is 17.2 cm³/mol. The van der Waals surface area contributed by atoms with Crippen LogP contribution in [0.25, 0.3) is 0 Å². The summed E-state index contributed by atoms with van der Waals surface area (Å²) in [6, 6.07) is 0. The van der Waals surface area contributed by atoms with Gasteiger partial charge in [0.05, 0.1) is 0 Å². The molecule has 28 valence electrons. The Labute approximate surface area is 31.8 Å². The summed E-state index contributed by atoms with van der Waals surface area (Å²) in [6.07, 6.45) is -2.44. The van der Waals surface area contributed by atoms with Crippen LogP contribution in [-0.2, 0) is 4.79 Å². The molecule has 0 aromatic heterocycles. The van der Waals surface area contributed by atoms with Gasteiger partial charge in [0, 0.05) is 0 Å². The van der Waals surface area contributed by atoms with Crippen molar-refractivity contribution in [2.24, 2.45) is 4.99 Å². The van der Waals surface area contributed by atoms with E-state index in [1.807, 2.05) is 0 Å². The molecule has 0 saturated heterocycles. The molecule has 0 fully saturated rings. The zero-order valence-electron chi connectivity index (χ0n) is 4.30. The monoisotopic (exact) mass is 75.0 g/mol. The molecule has 0 heterocycles. The molecule has 1 amide bonds. The highest BCUT2D eigenvalue weighted by Crippen LogP contribution is 1.39. The zero-order valence-corrected chi connectivity index (χ0v) is 2.30. The first-order valence-electron chi connectivity index (χ1n) is 1.87. The lowest BCUT2D eigenvalue weighted by atomic mass is 11.3. The normalized spacial score (nSPS) is 16.4. The molecule has 3 heteroatoms. The maximum atomic E-state index is 9.45. The number of aliphatic hydroxyl groups excluding tert-OH is 1. The van der Waals surface area contributed by atoms with Crippen molar-refractivity contribution < 1.29 is 12.6 Å². The minimum Gasteiger partial charge on any atom is -0.499 e. The molecular weight excluding hydrogens is 70.0 g/mol. The van der Waals surface area contributed by atoms with Crippen LogP contribution < -0.4 is 0 Å². The van der Waals surface area contributed by atoms with Gasteiger partial charge in [-0.2, -0.15) is 4.99 Å². The molecule has 0 aromatic rings. The van der Waals surface area contributed by atoms with E-state index in [1.165, 1.54) is 0 Å². The third kappa shape index (κ3) is 3.14. The van der Waals surface area contributed by atoms with Gasteiger partial charge in [-0.3, -0.25) is 4.79 Å². The second-order valence-corrected chi connectivity index (χ2v) is 0.303. The summed E-state index contributed by atoms with van der Waals surface area (Å²) in [7, 11) is 0. The highest BCUT2D eigenvalue weighted by molar-refractivity contribution is 5.62. The molecule has 0 radical (unpaired) electrons. The Bertz CT molecular complexity index is 106. The number of aliphatic hydroxyl groups is 1. The van der Waals surface area contributed by atoms with Gasteiger partial charge in [0.2, 0.25) is 6.39 Å². The van der Waals surface area contributed by atoms with Gasteiger partial charge >= 0.3 is 0 Å². The van der Waals surface area contributed by atoms with E-state index in [-0.39, 0.29) is 0 Å². The van der Waals surface area contributed by atoms with Gasteiger partial charge in [-0.15, -0.1) is 0 Å². The second kappa shape index (κ2) is 3.14. The lowest BCUT2D eigenvalue weighted by Gasteiger charge is -1.55. The minimum absolute atomic E-state index is 1.12. The number of rotatable bonds is 0. The van der Waals surface area contributed by atoms with Gasteiger partial charge in [-0.1, -0.05) is 0 Å². The first-order chi connectivity index (χ1) is 3.13. The van der Waals surface area contributed by atoms with Crippen LogP contribution in [0.3, 0.4) is 0 Å². The summed E-state index contributed by atoms with van der Waals surface area (Å²) in [5.41, 5.74) is 0. The molecule has 0 bridgehead atoms. The van der Waals surface area contributed by atoms with Gasteiger partial charge in [-0.05, 0) is 0 Å². The van der Waals surface area contributed by atoms with Crippen LogP contribution in [0.5, 0.6) is 0 Å². The molecule has 3 nitrogen and oxygen atoms in total. The van der Waals surface area contributed by atoms with Crippen LogP contribution in [0.2, 0.25) is 0 Å². The van der Waals surface area contributed by atoms with Crippen LogP contribution in [0, 0.1) is 0 Å². The van der Waals surface area contributed by atoms with Gasteiger partial charge in [0.25, 0.3) is 0 Å². The van der Waals surface area contributed by atoms with Crippen molar-refractivity contribution in [3.05, 3.63) is 0 Å². The molecule has 0 atom stereocenters. The Morgan fingerprint density at radius 3 is 2.80 bits per heavy atom. The number of amides is 1. The molecule has 5 heavy (non-hydrogen) atoms. The Balaban J connectivity index is 3.68. The van der Waals surface area contributed by atoms with Crippen LogP contribution in [0.4, 0.5) is 0 Å². The number of aliphatic imine (C=N–C) groups is 1. The quantitative estimate of drug-likeness (QED) is 0.245. The zero-order chi connectivity index (χ0) is 5.86. The van der Waals surface area contributed by atoms with Crippen molar-refractivity contribution in [2.45, 2.75) is 0 Å². The Morgan fingerprint density at radius 2 is 2.80 bits per heavy atom. The fourth-order valence-corrected chi connectivity index (χ4v) is 0.0204. The molecule has 1 N–H and O–H groups in total. The van der Waals surface area contributed by atoms with Crippen LogP contribution in [0.1, 0.15) is 2.74 Å². The van der Waals surface area contributed by atoms with Crippen molar-refractivity contribution in [1.29, 1.82) is 0 Å². The molecular formula is C2H3NO2. The highest BCUT2D eigenvalue weighted by atomic mass is 16.3. The van der Waals surface area contributed by atoms with Crippen molar-refractivity contribution in [1.82, 2.24) is 0 Å². The molecule has 0 saturated carbocycles. The fourth-order valence-electron chi connectivity index (χ4n) is 0.0204. The second-order valence-electron chi connectivity index (χ2n) is 0.303. The first-order valence-corrected chi connectivity index (χ1v) is 0.875. The number of carbonyl (C=O) groups excluding carboxylic acids is 1. The maximum Gasteiger partial charge on any atom is 0.235 e. The van der Waals surface area contributed by atoms with Gasteiger partial charge in [-0.25, -0.2) is 0 Å². The van der Waals surface area contributed by atoms with E-state index >= 15 is 0 Å². The largest absolute Gasteiger partial charge is 0.499 e. The Morgan fingerprint density at radius 1 is 2.20 bits per heavy atom.